The van der Waals surface area contributed by atoms with E-state index in [1.807, 2.05) is 44.2 Å². The number of hydrogen-bond donors (Lipinski definition) is 1. The van der Waals surface area contributed by atoms with Crippen LogP contribution in [0.3, 0.4) is 0 Å². The van der Waals surface area contributed by atoms with E-state index in [0.717, 1.165) is 43.2 Å². The molecule has 0 atom stereocenters. The van der Waals surface area contributed by atoms with Gasteiger partial charge in [-0.2, -0.15) is 0 Å². The molecule has 0 unspecified atom stereocenters. The second-order valence-corrected chi connectivity index (χ2v) is 9.55. The van der Waals surface area contributed by atoms with Gasteiger partial charge in [0.1, 0.15) is 0 Å². The molecule has 1 N–H and O–H groups in total. The van der Waals surface area contributed by atoms with Crippen molar-refractivity contribution in [2.75, 3.05) is 6.54 Å². The van der Waals surface area contributed by atoms with E-state index in [0.29, 0.717) is 13.1 Å². The molecule has 0 spiro atoms. The topological polar surface area (TPSA) is 87.0 Å². The molecular weight excluding hydrogens is 364 g/mol. The summed E-state index contributed by atoms with van der Waals surface area (Å²) in [7, 11) is 0. The van der Waals surface area contributed by atoms with Crippen molar-refractivity contribution in [3.63, 3.8) is 0 Å². The maximum absolute atomic E-state index is 13.2. The normalized spacial score (nSPS) is 16.1. The highest BCUT2D eigenvalue weighted by molar-refractivity contribution is 7.99. The first kappa shape index (κ1) is 21.4. The molecular formula is C20H28N2O4S. The second-order valence-electron chi connectivity index (χ2n) is 8.12. The van der Waals surface area contributed by atoms with E-state index in [4.69, 9.17) is 0 Å². The average molecular weight is 393 g/mol. The number of carbonyl (C=O) groups is 2. The lowest BCUT2D eigenvalue weighted by molar-refractivity contribution is -0.141. The molecule has 1 aromatic carbocycles. The molecule has 1 saturated carbocycles. The summed E-state index contributed by atoms with van der Waals surface area (Å²) in [5, 5.41) is 9.31. The Morgan fingerprint density at radius 3 is 2.37 bits per heavy atom. The number of nitroso groups, excluding NO2 is 1. The molecule has 0 heterocycles. The minimum atomic E-state index is -0.847. The Hall–Kier alpha value is -1.89. The van der Waals surface area contributed by atoms with Gasteiger partial charge in [-0.15, -0.1) is 4.91 Å². The fraction of sp³-hybridized carbons (Fsp3) is 0.600. The molecule has 1 aromatic rings. The molecule has 27 heavy (non-hydrogen) atoms. The Bertz CT molecular complexity index is 657. The van der Waals surface area contributed by atoms with Gasteiger partial charge in [0.15, 0.2) is 0 Å². The van der Waals surface area contributed by atoms with Crippen molar-refractivity contribution in [3.8, 4) is 0 Å². The van der Waals surface area contributed by atoms with E-state index >= 15 is 0 Å². The number of carbonyl (C=O) groups excluding carboxylic acids is 1. The van der Waals surface area contributed by atoms with E-state index < -0.39 is 16.1 Å². The summed E-state index contributed by atoms with van der Waals surface area (Å²) in [5.74, 6) is -0.901. The van der Waals surface area contributed by atoms with Crippen LogP contribution >= 0.6 is 11.9 Å². The third-order valence-electron chi connectivity index (χ3n) is 5.14. The van der Waals surface area contributed by atoms with Crippen molar-refractivity contribution in [2.24, 2.45) is 10.00 Å². The van der Waals surface area contributed by atoms with Crippen LogP contribution in [0.1, 0.15) is 57.9 Å². The Balaban J connectivity index is 2.18. The quantitative estimate of drug-likeness (QED) is 0.463. The number of amides is 1. The molecule has 6 nitrogen and oxygen atoms in total. The van der Waals surface area contributed by atoms with Crippen molar-refractivity contribution in [2.45, 2.75) is 63.7 Å². The molecule has 0 aromatic heterocycles. The summed E-state index contributed by atoms with van der Waals surface area (Å²) in [6.45, 7) is 4.58. The zero-order valence-corrected chi connectivity index (χ0v) is 16.8. The van der Waals surface area contributed by atoms with Crippen LogP contribution < -0.4 is 0 Å². The van der Waals surface area contributed by atoms with Gasteiger partial charge in [0, 0.05) is 36.0 Å². The third kappa shape index (κ3) is 6.65. The maximum atomic E-state index is 13.2. The lowest BCUT2D eigenvalue weighted by Crippen LogP contribution is -2.42. The Morgan fingerprint density at radius 2 is 1.81 bits per heavy atom. The van der Waals surface area contributed by atoms with Crippen molar-refractivity contribution in [3.05, 3.63) is 40.8 Å². The predicted octanol–water partition coefficient (Wildman–Crippen LogP) is 4.63. The Kier molecular flexibility index (Phi) is 7.41. The number of carboxylic acids is 1. The standard InChI is InChI=1S/C20H28N2O4S/c1-19(2,27-21-26)15-22(14-16-8-4-3-5-9-16)17(23)12-20(13-18(24)25)10-6-7-11-20/h3-5,8-9H,6-7,10-15H2,1-2H3,(H,24,25). The molecule has 0 saturated heterocycles. The summed E-state index contributed by atoms with van der Waals surface area (Å²) in [4.78, 5) is 37.0. The molecule has 7 heteroatoms. The van der Waals surface area contributed by atoms with Gasteiger partial charge in [0.05, 0.1) is 11.2 Å². The maximum Gasteiger partial charge on any atom is 0.303 e. The highest BCUT2D eigenvalue weighted by Gasteiger charge is 2.39. The lowest BCUT2D eigenvalue weighted by atomic mass is 9.79. The molecule has 1 aliphatic rings. The minimum Gasteiger partial charge on any atom is -0.481 e. The molecule has 0 radical (unpaired) electrons. The molecule has 148 valence electrons. The molecule has 1 amide bonds. The second kappa shape index (κ2) is 9.35. The minimum absolute atomic E-state index is 0.0337. The van der Waals surface area contributed by atoms with Gasteiger partial charge in [0.2, 0.25) is 5.91 Å². The van der Waals surface area contributed by atoms with Crippen molar-refractivity contribution in [1.82, 2.24) is 4.90 Å². The summed E-state index contributed by atoms with van der Waals surface area (Å²) in [6.07, 6.45) is 3.76. The van der Waals surface area contributed by atoms with Crippen LogP contribution in [0.4, 0.5) is 0 Å². The highest BCUT2D eigenvalue weighted by atomic mass is 32.2. The molecule has 2 rings (SSSR count). The first-order valence-corrected chi connectivity index (χ1v) is 10.1. The SMILES string of the molecule is CC(C)(CN(Cc1ccccc1)C(=O)CC1(CC(=O)O)CCCC1)SN=O. The number of nitrogens with zero attached hydrogens (tertiary/aromatic N) is 2. The van der Waals surface area contributed by atoms with Crippen molar-refractivity contribution in [1.29, 1.82) is 0 Å². The summed E-state index contributed by atoms with van der Waals surface area (Å²) in [5.41, 5.74) is 0.558. The van der Waals surface area contributed by atoms with Gasteiger partial charge in [-0.1, -0.05) is 43.2 Å². The number of benzene rings is 1. The zero-order chi connectivity index (χ0) is 19.9. The van der Waals surface area contributed by atoms with Crippen molar-refractivity contribution < 1.29 is 14.7 Å². The first-order valence-electron chi connectivity index (χ1n) is 9.30. The van der Waals surface area contributed by atoms with Gasteiger partial charge >= 0.3 is 5.97 Å². The third-order valence-corrected chi connectivity index (χ3v) is 5.84. The van der Waals surface area contributed by atoms with Gasteiger partial charge in [-0.3, -0.25) is 9.59 Å². The Morgan fingerprint density at radius 1 is 1.19 bits per heavy atom. The van der Waals surface area contributed by atoms with Crippen LogP contribution in [-0.2, 0) is 16.1 Å². The number of hydrogen-bond acceptors (Lipinski definition) is 5. The van der Waals surface area contributed by atoms with Gasteiger partial charge in [-0.25, -0.2) is 0 Å². The van der Waals surface area contributed by atoms with Crippen LogP contribution in [0, 0.1) is 10.3 Å². The summed E-state index contributed by atoms with van der Waals surface area (Å²) >= 11 is 0.924. The van der Waals surface area contributed by atoms with E-state index in [9.17, 15) is 19.6 Å². The number of aliphatic carboxylic acids is 1. The van der Waals surface area contributed by atoms with Crippen LogP contribution in [0.15, 0.2) is 34.9 Å². The van der Waals surface area contributed by atoms with Crippen LogP contribution in [0.5, 0.6) is 0 Å². The molecule has 1 aliphatic carbocycles. The summed E-state index contributed by atoms with van der Waals surface area (Å²) in [6, 6.07) is 9.69. The van der Waals surface area contributed by atoms with Crippen molar-refractivity contribution >= 4 is 23.8 Å². The fourth-order valence-electron chi connectivity index (χ4n) is 3.92. The number of rotatable bonds is 10. The van der Waals surface area contributed by atoms with Crippen LogP contribution in [-0.4, -0.2) is 33.2 Å². The molecule has 0 bridgehead atoms. The highest BCUT2D eigenvalue weighted by Crippen LogP contribution is 2.44. The zero-order valence-electron chi connectivity index (χ0n) is 16.0. The average Bonchev–Trinajstić information content (AvgIpc) is 3.02. The van der Waals surface area contributed by atoms with E-state index in [-0.39, 0.29) is 18.7 Å². The monoisotopic (exact) mass is 392 g/mol. The predicted molar refractivity (Wildman–Crippen MR) is 107 cm³/mol. The van der Waals surface area contributed by atoms with Gasteiger partial charge < -0.3 is 10.0 Å². The van der Waals surface area contributed by atoms with E-state index in [1.165, 1.54) is 0 Å². The van der Waals surface area contributed by atoms with E-state index in [1.54, 1.807) is 4.90 Å². The number of carboxylic acid groups (broad SMARTS) is 1. The smallest absolute Gasteiger partial charge is 0.303 e. The largest absolute Gasteiger partial charge is 0.481 e. The van der Waals surface area contributed by atoms with Crippen LogP contribution in [0.2, 0.25) is 0 Å². The molecule has 1 fully saturated rings. The van der Waals surface area contributed by atoms with E-state index in [2.05, 4.69) is 4.58 Å². The van der Waals surface area contributed by atoms with Gasteiger partial charge in [0.25, 0.3) is 0 Å². The van der Waals surface area contributed by atoms with Crippen LogP contribution in [0.25, 0.3) is 0 Å². The summed E-state index contributed by atoms with van der Waals surface area (Å²) < 4.78 is 2.42. The Labute approximate surface area is 164 Å². The molecule has 0 aliphatic heterocycles. The lowest BCUT2D eigenvalue weighted by Gasteiger charge is -2.34. The first-order chi connectivity index (χ1) is 12.8. The van der Waals surface area contributed by atoms with Gasteiger partial charge in [-0.05, 0) is 37.7 Å². The fourth-order valence-corrected chi connectivity index (χ4v) is 4.34.